The van der Waals surface area contributed by atoms with Gasteiger partial charge in [-0.25, -0.2) is 0 Å². The highest BCUT2D eigenvalue weighted by Crippen LogP contribution is 2.26. The number of ether oxygens (including phenoxy) is 1. The number of hydrogen-bond acceptors (Lipinski definition) is 4. The molecule has 0 aromatic heterocycles. The van der Waals surface area contributed by atoms with Crippen LogP contribution >= 0.6 is 0 Å². The van der Waals surface area contributed by atoms with Gasteiger partial charge in [0.1, 0.15) is 11.5 Å². The summed E-state index contributed by atoms with van der Waals surface area (Å²) in [4.78, 5) is 9.65. The molecule has 5 nitrogen and oxygen atoms in total. The third-order valence-corrected chi connectivity index (χ3v) is 2.31. The van der Waals surface area contributed by atoms with Crippen molar-refractivity contribution in [1.29, 1.82) is 5.26 Å². The minimum atomic E-state index is -0.973. The van der Waals surface area contributed by atoms with Crippen molar-refractivity contribution in [3.63, 3.8) is 0 Å². The summed E-state index contributed by atoms with van der Waals surface area (Å²) < 4.78 is 18.7. The van der Waals surface area contributed by atoms with E-state index < -0.39 is 16.4 Å². The van der Waals surface area contributed by atoms with E-state index >= 15 is 0 Å². The van der Waals surface area contributed by atoms with E-state index in [2.05, 4.69) is 0 Å². The Kier molecular flexibility index (Phi) is 3.39. The van der Waals surface area contributed by atoms with Crippen molar-refractivity contribution in [3.8, 4) is 17.6 Å². The molecule has 0 fully saturated rings. The number of benzene rings is 2. The highest BCUT2D eigenvalue weighted by Gasteiger charge is 2.14. The lowest BCUT2D eigenvalue weighted by atomic mass is 10.2. The molecule has 0 aliphatic rings. The maximum atomic E-state index is 13.4. The Labute approximate surface area is 107 Å². The van der Waals surface area contributed by atoms with Crippen LogP contribution in [0.1, 0.15) is 5.56 Å². The van der Waals surface area contributed by atoms with Gasteiger partial charge in [0.25, 0.3) is 0 Å². The van der Waals surface area contributed by atoms with Gasteiger partial charge in [-0.3, -0.25) is 10.1 Å². The van der Waals surface area contributed by atoms with Gasteiger partial charge in [-0.05, 0) is 24.3 Å². The number of nitrogens with zero attached hydrogens (tertiary/aromatic N) is 2. The van der Waals surface area contributed by atoms with Crippen LogP contribution in [0.5, 0.6) is 11.5 Å². The molecule has 0 heterocycles. The molecule has 2 aromatic rings. The number of hydrogen-bond donors (Lipinski definition) is 0. The van der Waals surface area contributed by atoms with Crippen molar-refractivity contribution >= 4 is 5.69 Å². The third kappa shape index (κ3) is 2.84. The molecule has 2 rings (SSSR count). The summed E-state index contributed by atoms with van der Waals surface area (Å²) in [7, 11) is 0. The van der Waals surface area contributed by atoms with Crippen LogP contribution in [0.3, 0.4) is 0 Å². The lowest BCUT2D eigenvalue weighted by Crippen LogP contribution is -1.93. The molecule has 0 N–H and O–H groups in total. The molecule has 94 valence electrons. The van der Waals surface area contributed by atoms with Crippen molar-refractivity contribution in [2.24, 2.45) is 0 Å². The lowest BCUT2D eigenvalue weighted by Gasteiger charge is -2.05. The molecule has 6 heteroatoms. The van der Waals surface area contributed by atoms with E-state index in [9.17, 15) is 14.5 Å². The van der Waals surface area contributed by atoms with Gasteiger partial charge < -0.3 is 4.74 Å². The molecular formula is C13H7FN2O3. The third-order valence-electron chi connectivity index (χ3n) is 2.31. The lowest BCUT2D eigenvalue weighted by molar-refractivity contribution is -0.387. The molecule has 0 atom stereocenters. The molecule has 0 amide bonds. The summed E-state index contributed by atoms with van der Waals surface area (Å²) in [5, 5.41) is 19.2. The van der Waals surface area contributed by atoms with E-state index in [1.54, 1.807) is 18.2 Å². The molecule has 0 spiro atoms. The Morgan fingerprint density at radius 1 is 1.21 bits per heavy atom. The highest BCUT2D eigenvalue weighted by molar-refractivity contribution is 5.42. The molecule has 19 heavy (non-hydrogen) atoms. The fraction of sp³-hybridized carbons (Fsp3) is 0. The van der Waals surface area contributed by atoms with Gasteiger partial charge in [-0.15, -0.1) is 0 Å². The summed E-state index contributed by atoms with van der Waals surface area (Å²) >= 11 is 0. The Morgan fingerprint density at radius 2 is 1.95 bits per heavy atom. The van der Waals surface area contributed by atoms with Crippen LogP contribution in [0.2, 0.25) is 0 Å². The second-order valence-corrected chi connectivity index (χ2v) is 3.61. The first-order valence-corrected chi connectivity index (χ1v) is 5.22. The van der Waals surface area contributed by atoms with Crippen molar-refractivity contribution in [2.45, 2.75) is 0 Å². The van der Waals surface area contributed by atoms with Gasteiger partial charge in [0.05, 0.1) is 16.6 Å². The van der Waals surface area contributed by atoms with E-state index in [-0.39, 0.29) is 5.75 Å². The number of nitriles is 1. The van der Waals surface area contributed by atoms with E-state index in [0.29, 0.717) is 11.3 Å². The predicted molar refractivity (Wildman–Crippen MR) is 64.3 cm³/mol. The fourth-order valence-electron chi connectivity index (χ4n) is 1.46. The van der Waals surface area contributed by atoms with Crippen LogP contribution in [-0.2, 0) is 0 Å². The number of nitro benzene ring substituents is 1. The standard InChI is InChI=1S/C13H7FN2O3/c14-12-7-11(4-5-13(12)16(17)18)19-10-3-1-2-9(6-10)8-15/h1-7H. The zero-order chi connectivity index (χ0) is 13.8. The monoisotopic (exact) mass is 258 g/mol. The van der Waals surface area contributed by atoms with Crippen LogP contribution < -0.4 is 4.74 Å². The summed E-state index contributed by atoms with van der Waals surface area (Å²) in [5.74, 6) is -0.496. The first-order chi connectivity index (χ1) is 9.10. The maximum absolute atomic E-state index is 13.4. The molecule has 2 aromatic carbocycles. The molecule has 0 saturated heterocycles. The Balaban J connectivity index is 2.26. The average Bonchev–Trinajstić information content (AvgIpc) is 2.38. The predicted octanol–water partition coefficient (Wildman–Crippen LogP) is 3.40. The van der Waals surface area contributed by atoms with Gasteiger partial charge in [0.2, 0.25) is 5.82 Å². The first-order valence-electron chi connectivity index (χ1n) is 5.22. The first kappa shape index (κ1) is 12.5. The number of nitro groups is 1. The van der Waals surface area contributed by atoms with E-state index in [0.717, 1.165) is 12.1 Å². The van der Waals surface area contributed by atoms with Crippen molar-refractivity contribution < 1.29 is 14.1 Å². The smallest absolute Gasteiger partial charge is 0.305 e. The van der Waals surface area contributed by atoms with E-state index in [1.807, 2.05) is 6.07 Å². The summed E-state index contributed by atoms with van der Waals surface area (Å²) in [6, 6.07) is 11.5. The van der Waals surface area contributed by atoms with Gasteiger partial charge in [-0.1, -0.05) is 6.07 Å². The van der Waals surface area contributed by atoms with Crippen molar-refractivity contribution in [1.82, 2.24) is 0 Å². The summed E-state index contributed by atoms with van der Waals surface area (Å²) in [6.45, 7) is 0. The van der Waals surface area contributed by atoms with Crippen LogP contribution in [-0.4, -0.2) is 4.92 Å². The van der Waals surface area contributed by atoms with Gasteiger partial charge in [0, 0.05) is 12.1 Å². The van der Waals surface area contributed by atoms with E-state index in [4.69, 9.17) is 10.00 Å². The second kappa shape index (κ2) is 5.14. The SMILES string of the molecule is N#Cc1cccc(Oc2ccc([N+](=O)[O-])c(F)c2)c1. The zero-order valence-electron chi connectivity index (χ0n) is 9.54. The summed E-state index contributed by atoms with van der Waals surface area (Å²) in [6.07, 6.45) is 0. The van der Waals surface area contributed by atoms with Crippen LogP contribution in [0.4, 0.5) is 10.1 Å². The molecule has 0 aliphatic carbocycles. The molecule has 0 aliphatic heterocycles. The number of halogens is 1. The normalized spacial score (nSPS) is 9.68. The van der Waals surface area contributed by atoms with Crippen molar-refractivity contribution in [3.05, 3.63) is 64.0 Å². The molecule has 0 unspecified atom stereocenters. The minimum Gasteiger partial charge on any atom is -0.457 e. The highest BCUT2D eigenvalue weighted by atomic mass is 19.1. The van der Waals surface area contributed by atoms with Crippen LogP contribution in [0.15, 0.2) is 42.5 Å². The largest absolute Gasteiger partial charge is 0.457 e. The van der Waals surface area contributed by atoms with Gasteiger partial charge >= 0.3 is 5.69 Å². The van der Waals surface area contributed by atoms with Crippen molar-refractivity contribution in [2.75, 3.05) is 0 Å². The van der Waals surface area contributed by atoms with Crippen LogP contribution in [0.25, 0.3) is 0 Å². The maximum Gasteiger partial charge on any atom is 0.305 e. The quantitative estimate of drug-likeness (QED) is 0.624. The average molecular weight is 258 g/mol. The number of rotatable bonds is 3. The van der Waals surface area contributed by atoms with Gasteiger partial charge in [-0.2, -0.15) is 9.65 Å². The molecule has 0 bridgehead atoms. The van der Waals surface area contributed by atoms with E-state index in [1.165, 1.54) is 12.1 Å². The fourth-order valence-corrected chi connectivity index (χ4v) is 1.46. The topological polar surface area (TPSA) is 76.2 Å². The molecule has 0 saturated carbocycles. The summed E-state index contributed by atoms with van der Waals surface area (Å²) in [5.41, 5.74) is -0.210. The minimum absolute atomic E-state index is 0.123. The van der Waals surface area contributed by atoms with Crippen LogP contribution in [0, 0.1) is 27.3 Å². The second-order valence-electron chi connectivity index (χ2n) is 3.61. The Hall–Kier alpha value is -2.94. The molecular weight excluding hydrogens is 251 g/mol. The Bertz CT molecular complexity index is 680. The Morgan fingerprint density at radius 3 is 2.58 bits per heavy atom. The molecule has 0 radical (unpaired) electrons. The van der Waals surface area contributed by atoms with Gasteiger partial charge in [0.15, 0.2) is 0 Å². The zero-order valence-corrected chi connectivity index (χ0v) is 9.54.